The van der Waals surface area contributed by atoms with Gasteiger partial charge in [-0.15, -0.1) is 0 Å². The number of aliphatic carboxylic acids is 1. The summed E-state index contributed by atoms with van der Waals surface area (Å²) in [6.07, 6.45) is 0.00129. The highest BCUT2D eigenvalue weighted by atomic mass is 35.5. The van der Waals surface area contributed by atoms with Gasteiger partial charge in [0.15, 0.2) is 0 Å². The van der Waals surface area contributed by atoms with Crippen LogP contribution >= 0.6 is 23.2 Å². The van der Waals surface area contributed by atoms with Crippen LogP contribution in [0.3, 0.4) is 0 Å². The van der Waals surface area contributed by atoms with Crippen molar-refractivity contribution in [2.45, 2.75) is 19.1 Å². The van der Waals surface area contributed by atoms with Crippen LogP contribution in [0.5, 0.6) is 11.5 Å². The quantitative estimate of drug-likeness (QED) is 0.254. The third-order valence-electron chi connectivity index (χ3n) is 5.18. The Morgan fingerprint density at radius 1 is 0.588 bits per heavy atom. The van der Waals surface area contributed by atoms with Crippen LogP contribution in [0.4, 0.5) is 0 Å². The van der Waals surface area contributed by atoms with Gasteiger partial charge in [-0.25, -0.2) is 4.79 Å². The first-order valence-corrected chi connectivity index (χ1v) is 11.4. The van der Waals surface area contributed by atoms with E-state index in [2.05, 4.69) is 0 Å². The van der Waals surface area contributed by atoms with Crippen LogP contribution in [0, 0.1) is 0 Å². The lowest BCUT2D eigenvalue weighted by Gasteiger charge is -2.17. The summed E-state index contributed by atoms with van der Waals surface area (Å²) in [5.41, 5.74) is 4.39. The van der Waals surface area contributed by atoms with E-state index in [1.165, 1.54) is 0 Å². The number of halogens is 2. The van der Waals surface area contributed by atoms with E-state index in [1.807, 2.05) is 72.8 Å². The van der Waals surface area contributed by atoms with Gasteiger partial charge in [0.2, 0.25) is 0 Å². The summed E-state index contributed by atoms with van der Waals surface area (Å²) >= 11 is 11.9. The summed E-state index contributed by atoms with van der Waals surface area (Å²) in [6, 6.07) is 29.8. The number of carboxylic acid groups (broad SMARTS) is 1. The molecule has 172 valence electrons. The van der Waals surface area contributed by atoms with Gasteiger partial charge in [-0.3, -0.25) is 0 Å². The van der Waals surface area contributed by atoms with Gasteiger partial charge in [-0.2, -0.15) is 0 Å². The normalized spacial score (nSPS) is 10.8. The van der Waals surface area contributed by atoms with E-state index in [9.17, 15) is 9.90 Å². The molecule has 0 aliphatic heterocycles. The predicted molar refractivity (Wildman–Crippen MR) is 134 cm³/mol. The van der Waals surface area contributed by atoms with Crippen molar-refractivity contribution in [1.82, 2.24) is 0 Å². The van der Waals surface area contributed by atoms with Gasteiger partial charge in [0.1, 0.15) is 11.5 Å². The minimum absolute atomic E-state index is 0.409. The van der Waals surface area contributed by atoms with Crippen molar-refractivity contribution in [3.05, 3.63) is 129 Å². The highest BCUT2D eigenvalue weighted by molar-refractivity contribution is 6.30. The van der Waals surface area contributed by atoms with Crippen molar-refractivity contribution in [2.75, 3.05) is 0 Å². The maximum atomic E-state index is 11.7. The first kappa shape index (κ1) is 23.7. The molecule has 0 fully saturated rings. The second-order valence-corrected chi connectivity index (χ2v) is 8.67. The molecule has 0 saturated carbocycles. The molecule has 0 unspecified atom stereocenters. The molecule has 0 aliphatic carbocycles. The molecule has 1 N–H and O–H groups in total. The molecule has 0 bridgehead atoms. The molecule has 34 heavy (non-hydrogen) atoms. The maximum Gasteiger partial charge on any atom is 0.387 e. The SMILES string of the molecule is O=C(O)C(Oc1ccc(Cc2ccc(Cl)cc2)cc1)Oc1ccc(Cc2ccc(Cl)cc2)cc1. The van der Waals surface area contributed by atoms with E-state index < -0.39 is 12.3 Å². The molecular weight excluding hydrogens is 471 g/mol. The van der Waals surface area contributed by atoms with Gasteiger partial charge >= 0.3 is 12.3 Å². The lowest BCUT2D eigenvalue weighted by atomic mass is 10.1. The average Bonchev–Trinajstić information content (AvgIpc) is 2.84. The van der Waals surface area contributed by atoms with Gasteiger partial charge in [0.05, 0.1) is 0 Å². The number of hydrogen-bond donors (Lipinski definition) is 1. The maximum absolute atomic E-state index is 11.7. The van der Waals surface area contributed by atoms with E-state index >= 15 is 0 Å². The zero-order chi connectivity index (χ0) is 23.9. The lowest BCUT2D eigenvalue weighted by molar-refractivity contribution is -0.158. The molecule has 0 atom stereocenters. The molecule has 4 aromatic carbocycles. The minimum Gasteiger partial charge on any atom is -0.476 e. The Morgan fingerprint density at radius 2 is 0.882 bits per heavy atom. The predicted octanol–water partition coefficient (Wildman–Crippen LogP) is 7.04. The van der Waals surface area contributed by atoms with Crippen LogP contribution < -0.4 is 9.47 Å². The number of benzene rings is 4. The lowest BCUT2D eigenvalue weighted by Crippen LogP contribution is -2.33. The highest BCUT2D eigenvalue weighted by Crippen LogP contribution is 2.21. The van der Waals surface area contributed by atoms with Crippen molar-refractivity contribution < 1.29 is 19.4 Å². The topological polar surface area (TPSA) is 55.8 Å². The highest BCUT2D eigenvalue weighted by Gasteiger charge is 2.21. The van der Waals surface area contributed by atoms with Crippen LogP contribution in [0.2, 0.25) is 10.0 Å². The summed E-state index contributed by atoms with van der Waals surface area (Å²) in [7, 11) is 0. The molecule has 0 aromatic heterocycles. The molecule has 0 aliphatic rings. The average molecular weight is 493 g/mol. The number of ether oxygens (including phenoxy) is 2. The van der Waals surface area contributed by atoms with Gasteiger partial charge in [-0.1, -0.05) is 71.7 Å². The Labute approximate surface area is 208 Å². The largest absolute Gasteiger partial charge is 0.476 e. The Bertz CT molecular complexity index is 1130. The summed E-state index contributed by atoms with van der Waals surface area (Å²) in [4.78, 5) is 11.7. The Morgan fingerprint density at radius 3 is 1.18 bits per heavy atom. The molecular formula is C28H22Cl2O4. The van der Waals surface area contributed by atoms with Crippen molar-refractivity contribution >= 4 is 29.2 Å². The van der Waals surface area contributed by atoms with Crippen molar-refractivity contribution in [1.29, 1.82) is 0 Å². The number of carboxylic acids is 1. The summed E-state index contributed by atoms with van der Waals surface area (Å²) in [6.45, 7) is 0. The molecule has 4 nitrogen and oxygen atoms in total. The molecule has 4 aromatic rings. The first-order valence-electron chi connectivity index (χ1n) is 10.7. The van der Waals surface area contributed by atoms with Gasteiger partial charge in [0.25, 0.3) is 0 Å². The van der Waals surface area contributed by atoms with E-state index in [1.54, 1.807) is 24.3 Å². The fourth-order valence-electron chi connectivity index (χ4n) is 3.42. The third-order valence-corrected chi connectivity index (χ3v) is 5.68. The molecule has 6 heteroatoms. The molecule has 0 heterocycles. The summed E-state index contributed by atoms with van der Waals surface area (Å²) in [5.74, 6) is -0.395. The fourth-order valence-corrected chi connectivity index (χ4v) is 3.67. The van der Waals surface area contributed by atoms with Crippen molar-refractivity contribution in [3.63, 3.8) is 0 Å². The van der Waals surface area contributed by atoms with Crippen LogP contribution in [0.1, 0.15) is 22.3 Å². The van der Waals surface area contributed by atoms with Crippen LogP contribution in [0.15, 0.2) is 97.1 Å². The van der Waals surface area contributed by atoms with E-state index in [-0.39, 0.29) is 0 Å². The first-order chi connectivity index (χ1) is 16.4. The number of hydrogen-bond acceptors (Lipinski definition) is 3. The van der Waals surface area contributed by atoms with Crippen molar-refractivity contribution in [2.24, 2.45) is 0 Å². The van der Waals surface area contributed by atoms with E-state index in [0.717, 1.165) is 35.1 Å². The third kappa shape index (κ3) is 6.77. The standard InChI is InChI=1S/C28H22Cl2O4/c29-23-9-1-19(2-10-23)17-21-5-13-25(14-6-21)33-28(27(31)32)34-26-15-7-22(8-16-26)18-20-3-11-24(30)12-4-20/h1-16,28H,17-18H2,(H,31,32). The Kier molecular flexibility index (Phi) is 7.73. The van der Waals surface area contributed by atoms with E-state index in [4.69, 9.17) is 32.7 Å². The van der Waals surface area contributed by atoms with Gasteiger partial charge < -0.3 is 14.6 Å². The van der Waals surface area contributed by atoms with Crippen LogP contribution in [-0.4, -0.2) is 17.4 Å². The molecule has 0 saturated heterocycles. The second kappa shape index (κ2) is 11.1. The van der Waals surface area contributed by atoms with E-state index in [0.29, 0.717) is 21.5 Å². The van der Waals surface area contributed by atoms with Gasteiger partial charge in [-0.05, 0) is 83.6 Å². The Balaban J connectivity index is 1.36. The number of carbonyl (C=O) groups is 1. The minimum atomic E-state index is -1.47. The van der Waals surface area contributed by atoms with Crippen molar-refractivity contribution in [3.8, 4) is 11.5 Å². The molecule has 0 amide bonds. The molecule has 0 radical (unpaired) electrons. The zero-order valence-corrected chi connectivity index (χ0v) is 19.7. The van der Waals surface area contributed by atoms with Crippen LogP contribution in [0.25, 0.3) is 0 Å². The smallest absolute Gasteiger partial charge is 0.387 e. The number of rotatable bonds is 9. The monoisotopic (exact) mass is 492 g/mol. The van der Waals surface area contributed by atoms with Gasteiger partial charge in [0, 0.05) is 10.0 Å². The second-order valence-electron chi connectivity index (χ2n) is 7.80. The zero-order valence-electron chi connectivity index (χ0n) is 18.2. The fraction of sp³-hybridized carbons (Fsp3) is 0.107. The van der Waals surface area contributed by atoms with Crippen LogP contribution in [-0.2, 0) is 17.6 Å². The summed E-state index contributed by atoms with van der Waals surface area (Å²) < 4.78 is 11.2. The molecule has 0 spiro atoms. The summed E-state index contributed by atoms with van der Waals surface area (Å²) in [5, 5.41) is 11.0. The Hall–Kier alpha value is -3.47. The molecule has 4 rings (SSSR count).